The number of rotatable bonds is 4. The summed E-state index contributed by atoms with van der Waals surface area (Å²) in [6, 6.07) is -3.17. The molecular weight excluding hydrogens is 594 g/mol. The van der Waals surface area contributed by atoms with Crippen molar-refractivity contribution in [3.05, 3.63) is 17.5 Å². The summed E-state index contributed by atoms with van der Waals surface area (Å²) < 4.78 is 53.8. The van der Waals surface area contributed by atoms with Crippen LogP contribution in [0.5, 0.6) is 0 Å². The number of hydrogen-bond acceptors (Lipinski definition) is 11. The molecule has 1 fully saturated rings. The fraction of sp³-hybridized carbons (Fsp3) is 0.667. The topological polar surface area (TPSA) is 220 Å². The van der Waals surface area contributed by atoms with E-state index in [2.05, 4.69) is 25.0 Å². The van der Waals surface area contributed by atoms with E-state index in [-0.39, 0.29) is 24.3 Å². The second-order valence-electron chi connectivity index (χ2n) is 12.6. The molecule has 1 saturated heterocycles. The number of fused-ring (bicyclic) bond motifs is 4. The van der Waals surface area contributed by atoms with Crippen molar-refractivity contribution in [1.82, 2.24) is 30.4 Å². The molecule has 2 aliphatic rings. The van der Waals surface area contributed by atoms with Crippen molar-refractivity contribution in [3.8, 4) is 0 Å². The highest BCUT2D eigenvalue weighted by Crippen LogP contribution is 2.44. The Morgan fingerprint density at radius 1 is 1.00 bits per heavy atom. The lowest BCUT2D eigenvalue weighted by Crippen LogP contribution is -2.46. The molecule has 3 heterocycles. The third-order valence-corrected chi connectivity index (χ3v) is 5.74. The molecule has 0 spiro atoms. The number of carbonyl (C=O) groups excluding carboxylic acids is 4. The van der Waals surface area contributed by atoms with Crippen LogP contribution in [-0.4, -0.2) is 92.9 Å². The van der Waals surface area contributed by atoms with E-state index >= 15 is 0 Å². The minimum Gasteiger partial charge on any atom is -0.444 e. The van der Waals surface area contributed by atoms with Gasteiger partial charge in [-0.1, -0.05) is 0 Å². The van der Waals surface area contributed by atoms with Gasteiger partial charge in [0, 0.05) is 12.1 Å². The normalized spacial score (nSPS) is 19.1. The number of hydrogen-bond donors (Lipinski definition) is 3. The molecule has 19 heteroatoms. The molecule has 2 aliphatic heterocycles. The average molecular weight is 632 g/mol. The Kier molecular flexibility index (Phi) is 9.05. The van der Waals surface area contributed by atoms with Gasteiger partial charge in [-0.05, 0) is 62.3 Å². The van der Waals surface area contributed by atoms with Gasteiger partial charge in [0.15, 0.2) is 0 Å². The minimum absolute atomic E-state index is 0.112. The second-order valence-corrected chi connectivity index (χ2v) is 13.6. The van der Waals surface area contributed by atoms with E-state index in [1.807, 2.05) is 0 Å². The second kappa shape index (κ2) is 11.6. The van der Waals surface area contributed by atoms with E-state index in [1.165, 1.54) is 6.20 Å². The Balaban J connectivity index is 2.13. The summed E-state index contributed by atoms with van der Waals surface area (Å²) >= 11 is 0. The van der Waals surface area contributed by atoms with E-state index in [0.717, 1.165) is 9.58 Å². The summed E-state index contributed by atoms with van der Waals surface area (Å²) in [6.45, 7) is 14.2. The van der Waals surface area contributed by atoms with Crippen LogP contribution >= 0.6 is 0 Å². The third kappa shape index (κ3) is 9.01. The van der Waals surface area contributed by atoms with Crippen molar-refractivity contribution >= 4 is 40.7 Å². The summed E-state index contributed by atoms with van der Waals surface area (Å²) in [7, 11) is -5.12. The predicted molar refractivity (Wildman–Crippen MR) is 147 cm³/mol. The van der Waals surface area contributed by atoms with Gasteiger partial charge in [0.25, 0.3) is 0 Å². The standard InChI is InChI=1S/C24H37N7O11S/c1-22(2,3)39-18(32)25-11-14-16-13(15-12-29(14)21(35)31(15)42-43(36,37)38)10-26-30(16)17(27-19(33)40-23(4,5)6)28-20(34)41-24(7,8)9/h10,14-15H,11-12H2,1-9H3,(H,25,32)(H,36,37,38)(H,27,28,33,34)/t14-,15-/m1/s1. The van der Waals surface area contributed by atoms with Crippen LogP contribution in [0.1, 0.15) is 85.7 Å². The van der Waals surface area contributed by atoms with Crippen LogP contribution in [-0.2, 0) is 28.9 Å². The van der Waals surface area contributed by atoms with Crippen molar-refractivity contribution < 1.29 is 50.6 Å². The molecule has 0 saturated carbocycles. The molecule has 0 unspecified atom stereocenters. The van der Waals surface area contributed by atoms with E-state index in [0.29, 0.717) is 5.06 Å². The predicted octanol–water partition coefficient (Wildman–Crippen LogP) is 2.64. The Morgan fingerprint density at radius 3 is 2.09 bits per heavy atom. The van der Waals surface area contributed by atoms with Gasteiger partial charge in [-0.15, -0.1) is 9.28 Å². The molecule has 43 heavy (non-hydrogen) atoms. The van der Waals surface area contributed by atoms with Gasteiger partial charge in [0.1, 0.15) is 22.8 Å². The highest BCUT2D eigenvalue weighted by Gasteiger charge is 2.52. The van der Waals surface area contributed by atoms with E-state index in [9.17, 15) is 32.1 Å². The molecular formula is C24H37N7O11S. The summed E-state index contributed by atoms with van der Waals surface area (Å²) in [4.78, 5) is 56.3. The van der Waals surface area contributed by atoms with E-state index in [1.54, 1.807) is 62.3 Å². The van der Waals surface area contributed by atoms with E-state index in [4.69, 9.17) is 14.2 Å². The van der Waals surface area contributed by atoms with Crippen LogP contribution in [0.4, 0.5) is 19.2 Å². The quantitative estimate of drug-likeness (QED) is 0.189. The number of urea groups is 1. The number of amides is 5. The monoisotopic (exact) mass is 631 g/mol. The first-order chi connectivity index (χ1) is 19.4. The number of carbonyl (C=O) groups is 4. The molecule has 5 amide bonds. The van der Waals surface area contributed by atoms with Crippen LogP contribution in [0.3, 0.4) is 0 Å². The van der Waals surface area contributed by atoms with Crippen molar-refractivity contribution in [3.63, 3.8) is 0 Å². The van der Waals surface area contributed by atoms with Crippen molar-refractivity contribution in [1.29, 1.82) is 0 Å². The highest BCUT2D eigenvalue weighted by molar-refractivity contribution is 7.80. The molecule has 240 valence electrons. The number of ether oxygens (including phenoxy) is 3. The Morgan fingerprint density at radius 2 is 1.56 bits per heavy atom. The zero-order valence-corrected chi connectivity index (χ0v) is 26.1. The first-order valence-corrected chi connectivity index (χ1v) is 14.4. The largest absolute Gasteiger partial charge is 0.444 e. The smallest absolute Gasteiger partial charge is 0.437 e. The zero-order chi connectivity index (χ0) is 32.7. The van der Waals surface area contributed by atoms with Crippen LogP contribution in [0.15, 0.2) is 11.2 Å². The van der Waals surface area contributed by atoms with Gasteiger partial charge in [-0.2, -0.15) is 18.6 Å². The van der Waals surface area contributed by atoms with Gasteiger partial charge in [-0.3, -0.25) is 9.87 Å². The van der Waals surface area contributed by atoms with Gasteiger partial charge in [-0.25, -0.2) is 23.9 Å². The average Bonchev–Trinajstić information content (AvgIpc) is 3.31. The molecule has 2 bridgehead atoms. The number of nitrogens with one attached hydrogen (secondary N) is 2. The first kappa shape index (κ1) is 33.5. The molecule has 0 radical (unpaired) electrons. The van der Waals surface area contributed by atoms with Crippen LogP contribution in [0, 0.1) is 0 Å². The number of alkyl carbamates (subject to hydrolysis) is 2. The van der Waals surface area contributed by atoms with Crippen molar-refractivity contribution in [2.45, 2.75) is 91.2 Å². The highest BCUT2D eigenvalue weighted by atomic mass is 32.3. The molecule has 0 aromatic carbocycles. The summed E-state index contributed by atoms with van der Waals surface area (Å²) in [5, 5.41) is 9.60. The lowest BCUT2D eigenvalue weighted by atomic mass is 9.98. The Bertz CT molecular complexity index is 1420. The first-order valence-electron chi connectivity index (χ1n) is 13.1. The SMILES string of the molecule is CC(C)(C)OC(=O)N=C(NC(=O)OC(C)(C)C)n1ncc2c1[C@@H](CNC(=O)OC(C)(C)C)N1C[C@H]2N(OS(=O)(=O)O)C1=O. The molecule has 1 aromatic heterocycles. The van der Waals surface area contributed by atoms with Gasteiger partial charge in [0.05, 0.1) is 24.5 Å². The molecule has 1 aromatic rings. The Hall–Kier alpha value is -3.97. The maximum absolute atomic E-state index is 13.2. The summed E-state index contributed by atoms with van der Waals surface area (Å²) in [5.41, 5.74) is -2.42. The number of nitrogens with zero attached hydrogens (tertiary/aromatic N) is 5. The van der Waals surface area contributed by atoms with Crippen molar-refractivity contribution in [2.75, 3.05) is 13.1 Å². The van der Waals surface area contributed by atoms with Gasteiger partial charge in [0.2, 0.25) is 5.96 Å². The molecule has 0 aliphatic carbocycles. The fourth-order valence-electron chi connectivity index (χ4n) is 4.14. The lowest BCUT2D eigenvalue weighted by Gasteiger charge is -2.32. The summed E-state index contributed by atoms with van der Waals surface area (Å²) in [6.07, 6.45) is -1.70. The molecule has 3 N–H and O–H groups in total. The van der Waals surface area contributed by atoms with Crippen LogP contribution in [0.2, 0.25) is 0 Å². The fourth-order valence-corrected chi connectivity index (χ4v) is 4.51. The lowest BCUT2D eigenvalue weighted by molar-refractivity contribution is -0.0317. The minimum atomic E-state index is -5.12. The van der Waals surface area contributed by atoms with E-state index < -0.39 is 69.6 Å². The Labute approximate surface area is 248 Å². The van der Waals surface area contributed by atoms with Crippen LogP contribution < -0.4 is 10.6 Å². The number of aromatic nitrogens is 2. The number of hydroxylamine groups is 2. The maximum Gasteiger partial charge on any atom is 0.437 e. The molecule has 2 atom stereocenters. The third-order valence-electron chi connectivity index (χ3n) is 5.39. The van der Waals surface area contributed by atoms with Crippen LogP contribution in [0.25, 0.3) is 0 Å². The van der Waals surface area contributed by atoms with Gasteiger partial charge >= 0.3 is 34.7 Å². The number of aliphatic imine (C=N–C) groups is 1. The van der Waals surface area contributed by atoms with Crippen molar-refractivity contribution in [2.24, 2.45) is 4.99 Å². The van der Waals surface area contributed by atoms with Gasteiger partial charge < -0.3 is 24.4 Å². The summed E-state index contributed by atoms with van der Waals surface area (Å²) in [5.74, 6) is -0.482. The maximum atomic E-state index is 13.2. The zero-order valence-electron chi connectivity index (χ0n) is 25.3. The molecule has 18 nitrogen and oxygen atoms in total. The molecule has 3 rings (SSSR count).